The molecule has 148 valence electrons. The normalized spacial score (nSPS) is 30.6. The molecule has 0 saturated heterocycles. The highest BCUT2D eigenvalue weighted by atomic mass is 32.2. The predicted octanol–water partition coefficient (Wildman–Crippen LogP) is 4.70. The van der Waals surface area contributed by atoms with Crippen molar-refractivity contribution in [3.63, 3.8) is 0 Å². The van der Waals surface area contributed by atoms with E-state index in [-0.39, 0.29) is 26.9 Å². The number of benzene rings is 1. The quantitative estimate of drug-likeness (QED) is 0.738. The van der Waals surface area contributed by atoms with E-state index < -0.39 is 5.97 Å². The number of nitrogens with zero attached hydrogens (tertiary/aromatic N) is 1. The minimum Gasteiger partial charge on any atom is -0.477 e. The van der Waals surface area contributed by atoms with Crippen LogP contribution in [-0.4, -0.2) is 28.9 Å². The highest BCUT2D eigenvalue weighted by molar-refractivity contribution is 8.04. The number of amides is 1. The van der Waals surface area contributed by atoms with Gasteiger partial charge in [0.15, 0.2) is 0 Å². The molecule has 0 bridgehead atoms. The lowest BCUT2D eigenvalue weighted by atomic mass is 9.67. The Kier molecular flexibility index (Phi) is 3.82. The van der Waals surface area contributed by atoms with Crippen molar-refractivity contribution in [3.8, 4) is 0 Å². The van der Waals surface area contributed by atoms with Gasteiger partial charge in [0.25, 0.3) is 5.91 Å². The van der Waals surface area contributed by atoms with Crippen LogP contribution >= 0.6 is 11.8 Å². The molecule has 1 N–H and O–H groups in total. The second-order valence-electron chi connectivity index (χ2n) is 8.79. The molecule has 0 aromatic heterocycles. The SMILES string of the molecule is CN(C(=O)C1=CC2C3=CC(C)(C)C32C=C1)C1=C(C(=O)O)SC(c2ccccc2)C1. The monoisotopic (exact) mass is 405 g/mol. The maximum Gasteiger partial charge on any atom is 0.343 e. The minimum atomic E-state index is -0.970. The summed E-state index contributed by atoms with van der Waals surface area (Å²) in [5.41, 5.74) is 3.99. The summed E-state index contributed by atoms with van der Waals surface area (Å²) in [6.45, 7) is 4.47. The number of rotatable bonds is 4. The third kappa shape index (κ3) is 2.46. The van der Waals surface area contributed by atoms with Crippen LogP contribution in [-0.2, 0) is 9.59 Å². The van der Waals surface area contributed by atoms with Gasteiger partial charge in [-0.3, -0.25) is 4.79 Å². The van der Waals surface area contributed by atoms with Gasteiger partial charge >= 0.3 is 5.97 Å². The Balaban J connectivity index is 1.38. The Morgan fingerprint density at radius 3 is 2.55 bits per heavy atom. The highest BCUT2D eigenvalue weighted by Gasteiger charge is 2.71. The van der Waals surface area contributed by atoms with E-state index in [2.05, 4.69) is 32.1 Å². The molecular weight excluding hydrogens is 382 g/mol. The molecule has 1 fully saturated rings. The van der Waals surface area contributed by atoms with Crippen LogP contribution in [0.2, 0.25) is 0 Å². The van der Waals surface area contributed by atoms with Gasteiger partial charge in [0, 0.05) is 41.3 Å². The first-order chi connectivity index (χ1) is 13.8. The van der Waals surface area contributed by atoms with E-state index in [0.29, 0.717) is 23.6 Å². The summed E-state index contributed by atoms with van der Waals surface area (Å²) in [6.07, 6.45) is 9.00. The van der Waals surface area contributed by atoms with Crippen molar-refractivity contribution in [2.45, 2.75) is 25.5 Å². The number of aliphatic carboxylic acids is 1. The van der Waals surface area contributed by atoms with Gasteiger partial charge in [0.2, 0.25) is 0 Å². The van der Waals surface area contributed by atoms with Crippen LogP contribution in [0.5, 0.6) is 0 Å². The Labute approximate surface area is 174 Å². The van der Waals surface area contributed by atoms with E-state index in [1.807, 2.05) is 36.4 Å². The van der Waals surface area contributed by atoms with Crippen LogP contribution < -0.4 is 0 Å². The van der Waals surface area contributed by atoms with Gasteiger partial charge in [0.05, 0.1) is 0 Å². The highest BCUT2D eigenvalue weighted by Crippen LogP contribution is 2.78. The summed E-state index contributed by atoms with van der Waals surface area (Å²) < 4.78 is 0. The minimum absolute atomic E-state index is 0.0110. The zero-order chi connectivity index (χ0) is 20.6. The van der Waals surface area contributed by atoms with Gasteiger partial charge in [0.1, 0.15) is 4.91 Å². The molecule has 1 aliphatic heterocycles. The molecule has 4 nitrogen and oxygen atoms in total. The zero-order valence-electron chi connectivity index (χ0n) is 16.7. The zero-order valence-corrected chi connectivity index (χ0v) is 17.5. The van der Waals surface area contributed by atoms with Crippen molar-refractivity contribution in [3.05, 3.63) is 81.9 Å². The van der Waals surface area contributed by atoms with Crippen LogP contribution in [0.25, 0.3) is 0 Å². The van der Waals surface area contributed by atoms with Gasteiger partial charge < -0.3 is 10.0 Å². The van der Waals surface area contributed by atoms with E-state index in [1.54, 1.807) is 7.05 Å². The van der Waals surface area contributed by atoms with Crippen LogP contribution in [0.15, 0.2) is 76.4 Å². The number of hydrogen-bond donors (Lipinski definition) is 1. The molecule has 3 unspecified atom stereocenters. The Morgan fingerprint density at radius 1 is 1.21 bits per heavy atom. The Bertz CT molecular complexity index is 1060. The van der Waals surface area contributed by atoms with Gasteiger partial charge in [-0.2, -0.15) is 0 Å². The molecule has 3 atom stereocenters. The number of carboxylic acids is 1. The Hall–Kier alpha value is -2.53. The lowest BCUT2D eigenvalue weighted by molar-refractivity contribution is -0.131. The average Bonchev–Trinajstić information content (AvgIpc) is 3.05. The number of carbonyl (C=O) groups excluding carboxylic acids is 1. The molecule has 4 aliphatic rings. The number of carbonyl (C=O) groups is 2. The third-order valence-corrected chi connectivity index (χ3v) is 8.27. The molecule has 1 saturated carbocycles. The van der Waals surface area contributed by atoms with Crippen molar-refractivity contribution >= 4 is 23.6 Å². The largest absolute Gasteiger partial charge is 0.477 e. The summed E-state index contributed by atoms with van der Waals surface area (Å²) in [5, 5.41) is 9.73. The van der Waals surface area contributed by atoms with E-state index >= 15 is 0 Å². The molecular formula is C24H23NO3S. The maximum absolute atomic E-state index is 13.2. The average molecular weight is 406 g/mol. The summed E-state index contributed by atoms with van der Waals surface area (Å²) in [4.78, 5) is 26.9. The van der Waals surface area contributed by atoms with Gasteiger partial charge in [-0.05, 0) is 11.0 Å². The van der Waals surface area contributed by atoms with E-state index in [0.717, 1.165) is 5.56 Å². The first kappa shape index (κ1) is 18.5. The van der Waals surface area contributed by atoms with Crippen molar-refractivity contribution < 1.29 is 14.7 Å². The standard InChI is InChI=1S/C24H23NO3S/c1-23(2)13-17-16-11-15(9-10-24(16,17)23)21(26)25(3)18-12-19(29-20(18)22(27)28)14-7-5-4-6-8-14/h4-11,13,16,19H,12H2,1-3H3,(H,27,28). The van der Waals surface area contributed by atoms with Gasteiger partial charge in [-0.1, -0.05) is 74.1 Å². The molecule has 1 aromatic carbocycles. The van der Waals surface area contributed by atoms with Crippen LogP contribution in [0.1, 0.15) is 31.1 Å². The number of thioether (sulfide) groups is 1. The summed E-state index contributed by atoms with van der Waals surface area (Å²) in [5.74, 6) is -0.788. The molecule has 1 aromatic rings. The lowest BCUT2D eigenvalue weighted by Gasteiger charge is -2.37. The molecule has 5 rings (SSSR count). The van der Waals surface area contributed by atoms with Crippen molar-refractivity contribution in [1.82, 2.24) is 4.90 Å². The fourth-order valence-electron chi connectivity index (χ4n) is 5.20. The molecule has 1 spiro atoms. The number of likely N-dealkylation sites (N-methyl/N-ethyl adjacent to an activating group) is 1. The fourth-order valence-corrected chi connectivity index (χ4v) is 6.47. The van der Waals surface area contributed by atoms with Crippen LogP contribution in [0.3, 0.4) is 0 Å². The maximum atomic E-state index is 13.2. The smallest absolute Gasteiger partial charge is 0.343 e. The van der Waals surface area contributed by atoms with Gasteiger partial charge in [-0.15, -0.1) is 11.8 Å². The third-order valence-electron chi connectivity index (χ3n) is 6.90. The van der Waals surface area contributed by atoms with Crippen molar-refractivity contribution in [2.24, 2.45) is 16.7 Å². The topological polar surface area (TPSA) is 57.6 Å². The van der Waals surface area contributed by atoms with Crippen LogP contribution in [0, 0.1) is 16.7 Å². The lowest BCUT2D eigenvalue weighted by Crippen LogP contribution is -2.31. The number of allylic oxidation sites excluding steroid dienone is 5. The number of hydrogen-bond acceptors (Lipinski definition) is 3. The van der Waals surface area contributed by atoms with E-state index in [9.17, 15) is 14.7 Å². The fraction of sp³-hybridized carbons (Fsp3) is 0.333. The first-order valence-corrected chi connectivity index (χ1v) is 10.7. The molecule has 1 amide bonds. The molecule has 29 heavy (non-hydrogen) atoms. The Morgan fingerprint density at radius 2 is 1.93 bits per heavy atom. The summed E-state index contributed by atoms with van der Waals surface area (Å²) in [7, 11) is 1.69. The molecule has 5 heteroatoms. The van der Waals surface area contributed by atoms with Crippen molar-refractivity contribution in [2.75, 3.05) is 7.05 Å². The van der Waals surface area contributed by atoms with Crippen LogP contribution in [0.4, 0.5) is 0 Å². The van der Waals surface area contributed by atoms with Gasteiger partial charge in [-0.25, -0.2) is 4.79 Å². The number of fused-ring (bicyclic) bond motifs is 1. The molecule has 1 heterocycles. The number of carboxylic acid groups (broad SMARTS) is 1. The molecule has 3 aliphatic carbocycles. The second kappa shape index (κ2) is 5.99. The predicted molar refractivity (Wildman–Crippen MR) is 114 cm³/mol. The summed E-state index contributed by atoms with van der Waals surface area (Å²) >= 11 is 1.33. The summed E-state index contributed by atoms with van der Waals surface area (Å²) in [6, 6.07) is 9.87. The van der Waals surface area contributed by atoms with Crippen molar-refractivity contribution in [1.29, 1.82) is 0 Å². The van der Waals surface area contributed by atoms with E-state index in [4.69, 9.17) is 0 Å². The first-order valence-electron chi connectivity index (χ1n) is 9.86. The molecule has 0 radical (unpaired) electrons. The second-order valence-corrected chi connectivity index (χ2v) is 10.0. The van der Waals surface area contributed by atoms with E-state index in [1.165, 1.54) is 22.2 Å².